The van der Waals surface area contributed by atoms with Crippen molar-refractivity contribution in [1.29, 1.82) is 0 Å². The van der Waals surface area contributed by atoms with E-state index in [0.717, 1.165) is 66.9 Å². The number of fused-ring (bicyclic) bond motifs is 6. The van der Waals surface area contributed by atoms with Crippen LogP contribution in [0, 0.1) is 0 Å². The molecule has 0 aliphatic carbocycles. The lowest BCUT2D eigenvalue weighted by molar-refractivity contribution is 1.07. The van der Waals surface area contributed by atoms with Gasteiger partial charge >= 0.3 is 0 Å². The van der Waals surface area contributed by atoms with Crippen LogP contribution in [-0.4, -0.2) is 19.5 Å². The molecule has 0 N–H and O–H groups in total. The Kier molecular flexibility index (Phi) is 9.66. The van der Waals surface area contributed by atoms with E-state index in [2.05, 4.69) is 211 Å². The molecule has 3 aromatic heterocycles. The summed E-state index contributed by atoms with van der Waals surface area (Å²) in [7, 11) is 0. The molecule has 0 fully saturated rings. The van der Waals surface area contributed by atoms with Gasteiger partial charge in [-0.1, -0.05) is 200 Å². The van der Waals surface area contributed by atoms with Crippen LogP contribution in [0.3, 0.4) is 0 Å². The predicted octanol–water partition coefficient (Wildman–Crippen LogP) is 17.0. The molecule has 0 bridgehead atoms. The lowest BCUT2D eigenvalue weighted by Gasteiger charge is -2.19. The van der Waals surface area contributed by atoms with E-state index in [4.69, 9.17) is 15.0 Å². The fourth-order valence-electron chi connectivity index (χ4n) is 9.91. The molecule has 10 aromatic carbocycles. The molecule has 318 valence electrons. The standard InChI is InChI=1S/C63H40N4S/c1-6-19-41(20-7-1)49-30-18-31-50(42-21-8-2-9-22-42)60(49)46-34-35-48(55(37-46)63-65-61(43-23-10-3-11-24-43)64-62(66-63)44-25-12-4-13-26-44)45-33-36-52-54-39-57-53(40-59(54)68-58(52)38-45)51-29-16-17-32-56(51)67(57)47-27-14-5-15-28-47/h1-40H. The van der Waals surface area contributed by atoms with Crippen LogP contribution >= 0.6 is 11.3 Å². The summed E-state index contributed by atoms with van der Waals surface area (Å²) in [6.07, 6.45) is 0. The number of benzene rings is 10. The first-order valence-corrected chi connectivity index (χ1v) is 23.7. The van der Waals surface area contributed by atoms with E-state index in [1.807, 2.05) is 47.7 Å². The lowest BCUT2D eigenvalue weighted by atomic mass is 9.86. The molecule has 0 unspecified atom stereocenters. The topological polar surface area (TPSA) is 43.6 Å². The van der Waals surface area contributed by atoms with Crippen LogP contribution in [-0.2, 0) is 0 Å². The van der Waals surface area contributed by atoms with Crippen molar-refractivity contribution in [3.05, 3.63) is 243 Å². The smallest absolute Gasteiger partial charge is 0.164 e. The van der Waals surface area contributed by atoms with Gasteiger partial charge < -0.3 is 4.57 Å². The minimum Gasteiger partial charge on any atom is -0.309 e. The van der Waals surface area contributed by atoms with E-state index in [0.29, 0.717) is 17.5 Å². The van der Waals surface area contributed by atoms with Crippen molar-refractivity contribution < 1.29 is 0 Å². The Morgan fingerprint density at radius 3 is 1.44 bits per heavy atom. The number of aromatic nitrogens is 4. The molecule has 0 spiro atoms. The molecule has 0 aliphatic heterocycles. The first-order valence-electron chi connectivity index (χ1n) is 22.9. The molecule has 68 heavy (non-hydrogen) atoms. The van der Waals surface area contributed by atoms with E-state index in [1.165, 1.54) is 42.0 Å². The van der Waals surface area contributed by atoms with Crippen LogP contribution in [0.2, 0.25) is 0 Å². The highest BCUT2D eigenvalue weighted by molar-refractivity contribution is 7.26. The normalized spacial score (nSPS) is 11.5. The predicted molar refractivity (Wildman–Crippen MR) is 285 cm³/mol. The largest absolute Gasteiger partial charge is 0.309 e. The molecule has 0 radical (unpaired) electrons. The molecule has 0 atom stereocenters. The average molecular weight is 885 g/mol. The maximum atomic E-state index is 5.34. The molecule has 13 aromatic rings. The maximum absolute atomic E-state index is 5.34. The molecule has 0 aliphatic rings. The molecular weight excluding hydrogens is 845 g/mol. The van der Waals surface area contributed by atoms with Gasteiger partial charge in [0.1, 0.15) is 0 Å². The van der Waals surface area contributed by atoms with Crippen LogP contribution in [0.4, 0.5) is 0 Å². The number of rotatable bonds is 8. The second-order valence-electron chi connectivity index (χ2n) is 17.1. The van der Waals surface area contributed by atoms with Crippen molar-refractivity contribution in [3.63, 3.8) is 0 Å². The van der Waals surface area contributed by atoms with Gasteiger partial charge in [-0.3, -0.25) is 0 Å². The van der Waals surface area contributed by atoms with Gasteiger partial charge in [0.15, 0.2) is 17.5 Å². The number of nitrogens with zero attached hydrogens (tertiary/aromatic N) is 4. The molecular formula is C63H40N4S. The summed E-state index contributed by atoms with van der Waals surface area (Å²) in [5.41, 5.74) is 15.3. The summed E-state index contributed by atoms with van der Waals surface area (Å²) >= 11 is 1.85. The van der Waals surface area contributed by atoms with Crippen LogP contribution in [0.5, 0.6) is 0 Å². The van der Waals surface area contributed by atoms with Gasteiger partial charge in [0, 0.05) is 53.3 Å². The Hall–Kier alpha value is -8.77. The maximum Gasteiger partial charge on any atom is 0.164 e. The lowest BCUT2D eigenvalue weighted by Crippen LogP contribution is -2.01. The van der Waals surface area contributed by atoms with Gasteiger partial charge in [0.25, 0.3) is 0 Å². The van der Waals surface area contributed by atoms with Crippen molar-refractivity contribution in [2.45, 2.75) is 0 Å². The Morgan fingerprint density at radius 1 is 0.279 bits per heavy atom. The fraction of sp³-hybridized carbons (Fsp3) is 0. The monoisotopic (exact) mass is 884 g/mol. The van der Waals surface area contributed by atoms with E-state index in [9.17, 15) is 0 Å². The third-order valence-corrected chi connectivity index (χ3v) is 14.2. The van der Waals surface area contributed by atoms with Crippen molar-refractivity contribution >= 4 is 53.3 Å². The van der Waals surface area contributed by atoms with E-state index in [1.54, 1.807) is 0 Å². The summed E-state index contributed by atoms with van der Waals surface area (Å²) in [6, 6.07) is 86.5. The second-order valence-corrected chi connectivity index (χ2v) is 18.2. The third-order valence-electron chi connectivity index (χ3n) is 13.1. The van der Waals surface area contributed by atoms with Crippen LogP contribution in [0.1, 0.15) is 0 Å². The molecule has 5 heteroatoms. The van der Waals surface area contributed by atoms with Crippen molar-refractivity contribution in [3.8, 4) is 84.4 Å². The average Bonchev–Trinajstić information content (AvgIpc) is 3.95. The van der Waals surface area contributed by atoms with Gasteiger partial charge in [-0.15, -0.1) is 11.3 Å². The molecule has 0 saturated heterocycles. The Bertz CT molecular complexity index is 3880. The summed E-state index contributed by atoms with van der Waals surface area (Å²) in [6.45, 7) is 0. The molecule has 13 rings (SSSR count). The Morgan fingerprint density at radius 2 is 0.809 bits per heavy atom. The fourth-order valence-corrected chi connectivity index (χ4v) is 11.1. The zero-order chi connectivity index (χ0) is 45.0. The Labute approximate surface area is 397 Å². The van der Waals surface area contributed by atoms with Gasteiger partial charge in [-0.05, 0) is 87.0 Å². The van der Waals surface area contributed by atoms with Gasteiger partial charge in [0.05, 0.1) is 11.0 Å². The number of para-hydroxylation sites is 2. The highest BCUT2D eigenvalue weighted by Crippen LogP contribution is 2.46. The summed E-state index contributed by atoms with van der Waals surface area (Å²) in [5, 5.41) is 5.00. The zero-order valence-corrected chi connectivity index (χ0v) is 37.6. The quantitative estimate of drug-likeness (QED) is 0.153. The van der Waals surface area contributed by atoms with E-state index in [-0.39, 0.29) is 0 Å². The summed E-state index contributed by atoms with van der Waals surface area (Å²) < 4.78 is 4.89. The molecule has 4 nitrogen and oxygen atoms in total. The highest BCUT2D eigenvalue weighted by atomic mass is 32.1. The molecule has 3 heterocycles. The minimum atomic E-state index is 0.612. The first kappa shape index (κ1) is 39.6. The highest BCUT2D eigenvalue weighted by Gasteiger charge is 2.22. The molecule has 0 amide bonds. The number of hydrogen-bond acceptors (Lipinski definition) is 4. The van der Waals surface area contributed by atoms with Gasteiger partial charge in [-0.25, -0.2) is 15.0 Å². The summed E-state index contributed by atoms with van der Waals surface area (Å²) in [5.74, 6) is 1.86. The van der Waals surface area contributed by atoms with Crippen LogP contribution in [0.15, 0.2) is 243 Å². The van der Waals surface area contributed by atoms with Crippen molar-refractivity contribution in [1.82, 2.24) is 19.5 Å². The van der Waals surface area contributed by atoms with Crippen molar-refractivity contribution in [2.24, 2.45) is 0 Å². The third kappa shape index (κ3) is 6.88. The van der Waals surface area contributed by atoms with E-state index >= 15 is 0 Å². The first-order chi connectivity index (χ1) is 33.7. The summed E-state index contributed by atoms with van der Waals surface area (Å²) in [4.78, 5) is 15.8. The SMILES string of the molecule is c1ccc(-c2nc(-c3ccccc3)nc(-c3cc(-c4c(-c5ccccc5)cccc4-c4ccccc4)ccc3-c3ccc4c(c3)sc3cc5c6ccccc6n(-c6ccccc6)c5cc34)n2)cc1. The van der Waals surface area contributed by atoms with Crippen LogP contribution in [0.25, 0.3) is 126 Å². The van der Waals surface area contributed by atoms with Crippen LogP contribution < -0.4 is 0 Å². The van der Waals surface area contributed by atoms with Gasteiger partial charge in [0.2, 0.25) is 0 Å². The van der Waals surface area contributed by atoms with Gasteiger partial charge in [-0.2, -0.15) is 0 Å². The minimum absolute atomic E-state index is 0.612. The molecule has 0 saturated carbocycles. The second kappa shape index (κ2) is 16.6. The number of thiophene rings is 1. The number of hydrogen-bond donors (Lipinski definition) is 0. The van der Waals surface area contributed by atoms with Crippen molar-refractivity contribution in [2.75, 3.05) is 0 Å². The van der Waals surface area contributed by atoms with E-state index < -0.39 is 0 Å². The Balaban J connectivity index is 1.05. The zero-order valence-electron chi connectivity index (χ0n) is 36.8.